The Kier molecular flexibility index (Phi) is 5.67. The zero-order valence-corrected chi connectivity index (χ0v) is 11.7. The molecule has 1 rings (SSSR count). The van der Waals surface area contributed by atoms with E-state index in [1.807, 2.05) is 0 Å². The molecule has 0 saturated heterocycles. The lowest BCUT2D eigenvalue weighted by Gasteiger charge is -2.10. The highest BCUT2D eigenvalue weighted by Crippen LogP contribution is 2.31. The van der Waals surface area contributed by atoms with Crippen molar-refractivity contribution in [2.75, 3.05) is 29.6 Å². The maximum atomic E-state index is 11.4. The maximum Gasteiger partial charge on any atom is 0.316 e. The number of nitrogens with two attached hydrogens (primary N) is 1. The van der Waals surface area contributed by atoms with Crippen LogP contribution in [0.25, 0.3) is 0 Å². The van der Waals surface area contributed by atoms with Crippen molar-refractivity contribution in [1.82, 2.24) is 4.72 Å². The number of hydrogen-bond donors (Lipinski definition) is 4. The Morgan fingerprint density at radius 2 is 2.00 bits per heavy atom. The molecule has 9 nitrogen and oxygen atoms in total. The van der Waals surface area contributed by atoms with Crippen LogP contribution in [-0.2, 0) is 10.0 Å². The van der Waals surface area contributed by atoms with Gasteiger partial charge in [0, 0.05) is 13.1 Å². The Labute approximate surface area is 116 Å². The van der Waals surface area contributed by atoms with E-state index in [4.69, 9.17) is 5.84 Å². The quantitative estimate of drug-likeness (QED) is 0.306. The highest BCUT2D eigenvalue weighted by atomic mass is 32.2. The lowest BCUT2D eigenvalue weighted by atomic mass is 10.2. The number of nitrogens with zero attached hydrogens (tertiary/aromatic N) is 1. The molecule has 112 valence electrons. The van der Waals surface area contributed by atoms with E-state index in [0.29, 0.717) is 6.54 Å². The van der Waals surface area contributed by atoms with Crippen molar-refractivity contribution in [3.63, 3.8) is 0 Å². The largest absolute Gasteiger partial charge is 0.378 e. The van der Waals surface area contributed by atoms with Gasteiger partial charge >= 0.3 is 5.69 Å². The molecule has 1 aromatic carbocycles. The fraction of sp³-hybridized carbons (Fsp3) is 0.400. The first-order valence-corrected chi connectivity index (χ1v) is 7.51. The van der Waals surface area contributed by atoms with Gasteiger partial charge in [0.25, 0.3) is 0 Å². The van der Waals surface area contributed by atoms with Gasteiger partial charge in [-0.1, -0.05) is 13.0 Å². The van der Waals surface area contributed by atoms with Gasteiger partial charge in [0.2, 0.25) is 10.0 Å². The summed E-state index contributed by atoms with van der Waals surface area (Å²) < 4.78 is 25.2. The summed E-state index contributed by atoms with van der Waals surface area (Å²) in [5, 5.41) is 13.7. The number of sulfonamides is 1. The van der Waals surface area contributed by atoms with Crippen LogP contribution in [0.5, 0.6) is 0 Å². The molecule has 5 N–H and O–H groups in total. The molecule has 0 atom stereocenters. The van der Waals surface area contributed by atoms with Crippen molar-refractivity contribution >= 4 is 27.1 Å². The zero-order chi connectivity index (χ0) is 15.2. The topological polar surface area (TPSA) is 139 Å². The van der Waals surface area contributed by atoms with Gasteiger partial charge in [-0.05, 0) is 12.1 Å². The highest BCUT2D eigenvalue weighted by Gasteiger charge is 2.19. The molecule has 0 bridgehead atoms. The number of hydrogen-bond acceptors (Lipinski definition) is 7. The summed E-state index contributed by atoms with van der Waals surface area (Å²) in [5.74, 6) is 5.02. The fourth-order valence-corrected chi connectivity index (χ4v) is 2.57. The van der Waals surface area contributed by atoms with Crippen molar-refractivity contribution in [2.24, 2.45) is 5.84 Å². The number of para-hydroxylation sites is 1. The Morgan fingerprint density at radius 3 is 2.55 bits per heavy atom. The van der Waals surface area contributed by atoms with Crippen molar-refractivity contribution in [3.05, 3.63) is 28.3 Å². The molecule has 0 fully saturated rings. The minimum atomic E-state index is -3.37. The van der Waals surface area contributed by atoms with E-state index in [-0.39, 0.29) is 29.4 Å². The number of nitrogens with one attached hydrogen (secondary N) is 3. The molecule has 0 amide bonds. The predicted molar refractivity (Wildman–Crippen MR) is 76.9 cm³/mol. The third-order valence-electron chi connectivity index (χ3n) is 2.42. The van der Waals surface area contributed by atoms with E-state index >= 15 is 0 Å². The molecule has 0 heterocycles. The lowest BCUT2D eigenvalue weighted by molar-refractivity contribution is -0.383. The minimum absolute atomic E-state index is 0.0458. The van der Waals surface area contributed by atoms with Crippen molar-refractivity contribution < 1.29 is 13.3 Å². The van der Waals surface area contributed by atoms with Crippen molar-refractivity contribution in [2.45, 2.75) is 6.92 Å². The average Bonchev–Trinajstić information content (AvgIpc) is 2.37. The normalized spacial score (nSPS) is 11.1. The Bertz CT molecular complexity index is 575. The van der Waals surface area contributed by atoms with Gasteiger partial charge in [-0.15, -0.1) is 0 Å². The van der Waals surface area contributed by atoms with E-state index < -0.39 is 14.9 Å². The summed E-state index contributed by atoms with van der Waals surface area (Å²) in [5.41, 5.74) is 2.36. The van der Waals surface area contributed by atoms with Gasteiger partial charge in [0.05, 0.1) is 10.7 Å². The van der Waals surface area contributed by atoms with E-state index in [1.54, 1.807) is 13.0 Å². The molecule has 0 spiro atoms. The molecule has 0 aliphatic heterocycles. The average molecular weight is 303 g/mol. The van der Waals surface area contributed by atoms with Gasteiger partial charge in [-0.25, -0.2) is 13.1 Å². The highest BCUT2D eigenvalue weighted by molar-refractivity contribution is 7.89. The smallest absolute Gasteiger partial charge is 0.316 e. The number of nitrogen functional groups attached to an aromatic ring is 1. The van der Waals surface area contributed by atoms with Gasteiger partial charge in [-0.3, -0.25) is 16.0 Å². The molecule has 0 radical (unpaired) electrons. The molecule has 10 heteroatoms. The number of benzene rings is 1. The summed E-state index contributed by atoms with van der Waals surface area (Å²) in [6.07, 6.45) is 0. The van der Waals surface area contributed by atoms with E-state index in [1.165, 1.54) is 12.1 Å². The van der Waals surface area contributed by atoms with E-state index in [9.17, 15) is 18.5 Å². The van der Waals surface area contributed by atoms with Crippen molar-refractivity contribution in [1.29, 1.82) is 0 Å². The van der Waals surface area contributed by atoms with Crippen LogP contribution in [0, 0.1) is 10.1 Å². The third kappa shape index (κ3) is 4.33. The van der Waals surface area contributed by atoms with Crippen LogP contribution in [0.4, 0.5) is 17.1 Å². The van der Waals surface area contributed by atoms with Crippen LogP contribution >= 0.6 is 0 Å². The molecule has 1 aromatic rings. The first-order chi connectivity index (χ1) is 9.41. The van der Waals surface area contributed by atoms with Crippen LogP contribution < -0.4 is 21.3 Å². The first-order valence-electron chi connectivity index (χ1n) is 5.86. The van der Waals surface area contributed by atoms with Crippen molar-refractivity contribution in [3.8, 4) is 0 Å². The maximum absolute atomic E-state index is 11.4. The molecular weight excluding hydrogens is 286 g/mol. The monoisotopic (exact) mass is 303 g/mol. The molecule has 0 unspecified atom stereocenters. The summed E-state index contributed by atoms with van der Waals surface area (Å²) in [7, 11) is -3.37. The van der Waals surface area contributed by atoms with Crippen LogP contribution in [0.3, 0.4) is 0 Å². The SMILES string of the molecule is CCNS(=O)(=O)CCNc1cccc(NN)c1[N+](=O)[O-]. The molecule has 0 aliphatic carbocycles. The third-order valence-corrected chi connectivity index (χ3v) is 3.89. The van der Waals surface area contributed by atoms with Gasteiger partial charge in [0.15, 0.2) is 0 Å². The second-order valence-corrected chi connectivity index (χ2v) is 5.77. The number of nitro benzene ring substituents is 1. The summed E-state index contributed by atoms with van der Waals surface area (Å²) in [4.78, 5) is 10.4. The first kappa shape index (κ1) is 16.1. The molecule has 0 saturated carbocycles. The fourth-order valence-electron chi connectivity index (χ4n) is 1.61. The van der Waals surface area contributed by atoms with E-state index in [2.05, 4.69) is 15.5 Å². The summed E-state index contributed by atoms with van der Waals surface area (Å²) in [6.45, 7) is 2.02. The van der Waals surface area contributed by atoms with Crippen LogP contribution in [0.1, 0.15) is 6.92 Å². The second kappa shape index (κ2) is 7.03. The second-order valence-electron chi connectivity index (χ2n) is 3.85. The zero-order valence-electron chi connectivity index (χ0n) is 10.9. The lowest BCUT2D eigenvalue weighted by Crippen LogP contribution is -2.29. The van der Waals surface area contributed by atoms with Crippen LogP contribution in [0.15, 0.2) is 18.2 Å². The summed E-state index contributed by atoms with van der Waals surface area (Å²) in [6, 6.07) is 4.51. The molecular formula is C10H17N5O4S. The van der Waals surface area contributed by atoms with Crippen LogP contribution in [-0.4, -0.2) is 32.2 Å². The Balaban J connectivity index is 2.81. The standard InChI is InChI=1S/C10H17N5O4S/c1-2-13-20(18,19)7-6-12-8-4-3-5-9(14-11)10(8)15(16)17/h3-5,12-14H,2,6-7,11H2,1H3. The number of hydrazine groups is 1. The van der Waals surface area contributed by atoms with Crippen LogP contribution in [0.2, 0.25) is 0 Å². The molecule has 0 aromatic heterocycles. The Hall–Kier alpha value is -1.91. The van der Waals surface area contributed by atoms with Gasteiger partial charge < -0.3 is 10.7 Å². The summed E-state index contributed by atoms with van der Waals surface area (Å²) >= 11 is 0. The predicted octanol–water partition coefficient (Wildman–Crippen LogP) is 0.232. The number of anilines is 2. The molecule has 0 aliphatic rings. The minimum Gasteiger partial charge on any atom is -0.378 e. The van der Waals surface area contributed by atoms with Gasteiger partial charge in [-0.2, -0.15) is 0 Å². The van der Waals surface area contributed by atoms with Gasteiger partial charge in [0.1, 0.15) is 11.4 Å². The Morgan fingerprint density at radius 1 is 1.35 bits per heavy atom. The number of rotatable bonds is 8. The molecule has 20 heavy (non-hydrogen) atoms. The number of nitro groups is 1. The van der Waals surface area contributed by atoms with E-state index in [0.717, 1.165) is 0 Å².